The molecule has 1 aromatic heterocycles. The number of sulfonamides is 1. The van der Waals surface area contributed by atoms with Gasteiger partial charge in [-0.05, 0) is 56.7 Å². The number of likely N-dealkylation sites (tertiary alicyclic amines) is 1. The normalized spacial score (nSPS) is 20.3. The first-order valence-electron chi connectivity index (χ1n) is 11.9. The Morgan fingerprint density at radius 1 is 1.12 bits per heavy atom. The van der Waals surface area contributed by atoms with Crippen molar-refractivity contribution in [1.29, 1.82) is 0 Å². The number of piperazine rings is 1. The van der Waals surface area contributed by atoms with E-state index in [9.17, 15) is 13.2 Å². The van der Waals surface area contributed by atoms with Crippen LogP contribution in [0.25, 0.3) is 0 Å². The van der Waals surface area contributed by atoms with Gasteiger partial charge in [0.1, 0.15) is 0 Å². The van der Waals surface area contributed by atoms with Gasteiger partial charge in [-0.15, -0.1) is 0 Å². The Labute approximate surface area is 197 Å². The third-order valence-electron chi connectivity index (χ3n) is 6.75. The van der Waals surface area contributed by atoms with Crippen LogP contribution >= 0.6 is 0 Å². The van der Waals surface area contributed by atoms with E-state index >= 15 is 0 Å². The van der Waals surface area contributed by atoms with Crippen molar-refractivity contribution in [1.82, 2.24) is 19.0 Å². The van der Waals surface area contributed by atoms with Crippen LogP contribution in [0.4, 0.5) is 5.69 Å². The molecular formula is C24H35N5O3S. The fraction of sp³-hybridized carbons (Fsp3) is 0.583. The number of anilines is 1. The minimum atomic E-state index is -3.88. The molecular weight excluding hydrogens is 438 g/mol. The second kappa shape index (κ2) is 9.46. The largest absolute Gasteiger partial charge is 0.369 e. The van der Waals surface area contributed by atoms with Crippen molar-refractivity contribution in [3.63, 3.8) is 0 Å². The Morgan fingerprint density at radius 3 is 2.52 bits per heavy atom. The predicted octanol–water partition coefficient (Wildman–Crippen LogP) is 2.90. The maximum atomic E-state index is 13.6. The number of piperidine rings is 1. The molecule has 1 atom stereocenters. The highest BCUT2D eigenvalue weighted by atomic mass is 32.2. The summed E-state index contributed by atoms with van der Waals surface area (Å²) in [6.07, 6.45) is 3.63. The molecule has 0 saturated carbocycles. The van der Waals surface area contributed by atoms with E-state index in [0.29, 0.717) is 51.7 Å². The van der Waals surface area contributed by atoms with Crippen molar-refractivity contribution in [3.8, 4) is 0 Å². The smallest absolute Gasteiger partial charge is 0.263 e. The molecule has 9 heteroatoms. The van der Waals surface area contributed by atoms with Gasteiger partial charge in [-0.1, -0.05) is 19.1 Å². The van der Waals surface area contributed by atoms with Gasteiger partial charge in [-0.2, -0.15) is 9.40 Å². The number of hydrogen-bond acceptors (Lipinski definition) is 5. The Bertz CT molecular complexity index is 1120. The number of nitrogens with zero attached hydrogens (tertiary/aromatic N) is 5. The molecule has 0 radical (unpaired) electrons. The number of hydrogen-bond donors (Lipinski definition) is 0. The summed E-state index contributed by atoms with van der Waals surface area (Å²) in [5, 5.41) is 4.24. The summed E-state index contributed by atoms with van der Waals surface area (Å²) in [5.74, 6) is 0.191. The topological polar surface area (TPSA) is 78.8 Å². The van der Waals surface area contributed by atoms with Crippen LogP contribution in [0.3, 0.4) is 0 Å². The molecule has 0 bridgehead atoms. The zero-order valence-corrected chi connectivity index (χ0v) is 20.9. The number of benzene rings is 1. The molecule has 2 aliphatic heterocycles. The maximum Gasteiger partial charge on any atom is 0.263 e. The van der Waals surface area contributed by atoms with Gasteiger partial charge in [-0.25, -0.2) is 8.42 Å². The fourth-order valence-corrected chi connectivity index (χ4v) is 6.31. The molecule has 3 heterocycles. The number of aromatic nitrogens is 2. The molecule has 33 heavy (non-hydrogen) atoms. The Kier molecular flexibility index (Phi) is 6.81. The van der Waals surface area contributed by atoms with Crippen molar-refractivity contribution in [2.75, 3.05) is 44.2 Å². The first-order valence-corrected chi connectivity index (χ1v) is 13.3. The molecule has 1 aromatic carbocycles. The van der Waals surface area contributed by atoms with Crippen LogP contribution in [0, 0.1) is 19.8 Å². The molecule has 180 valence electrons. The molecule has 1 unspecified atom stereocenters. The summed E-state index contributed by atoms with van der Waals surface area (Å²) in [6, 6.07) is 6.34. The molecule has 1 amide bonds. The molecule has 2 aromatic rings. The van der Waals surface area contributed by atoms with Gasteiger partial charge in [0.2, 0.25) is 5.03 Å². The van der Waals surface area contributed by atoms with Gasteiger partial charge in [-0.3, -0.25) is 9.48 Å². The summed E-state index contributed by atoms with van der Waals surface area (Å²) in [5.41, 5.74) is 3.72. The number of rotatable bonds is 5. The molecule has 8 nitrogen and oxygen atoms in total. The van der Waals surface area contributed by atoms with E-state index in [4.69, 9.17) is 0 Å². The van der Waals surface area contributed by atoms with E-state index in [1.54, 1.807) is 15.8 Å². The lowest BCUT2D eigenvalue weighted by Gasteiger charge is -2.36. The number of amides is 1. The third-order valence-corrected chi connectivity index (χ3v) is 8.59. The predicted molar refractivity (Wildman–Crippen MR) is 129 cm³/mol. The van der Waals surface area contributed by atoms with E-state index in [-0.39, 0.29) is 16.5 Å². The Balaban J connectivity index is 1.56. The summed E-state index contributed by atoms with van der Waals surface area (Å²) in [7, 11) is -3.88. The van der Waals surface area contributed by atoms with Crippen LogP contribution in [0.1, 0.15) is 48.2 Å². The zero-order valence-electron chi connectivity index (χ0n) is 20.1. The highest BCUT2D eigenvalue weighted by Crippen LogP contribution is 2.27. The highest BCUT2D eigenvalue weighted by molar-refractivity contribution is 7.89. The molecule has 2 aliphatic rings. The van der Waals surface area contributed by atoms with E-state index in [1.165, 1.54) is 15.4 Å². The fourth-order valence-electron chi connectivity index (χ4n) is 4.80. The van der Waals surface area contributed by atoms with Crippen LogP contribution in [-0.4, -0.2) is 72.6 Å². The number of carbonyl (C=O) groups excluding carboxylic acids is 1. The summed E-state index contributed by atoms with van der Waals surface area (Å²) in [6.45, 7) is 11.9. The lowest BCUT2D eigenvalue weighted by Crippen LogP contribution is -2.49. The standard InChI is InChI=1S/C24H35N5O3S/c1-5-28-17-21(24(30)27-10-6-7-19(3)16-27)23(25-28)33(31,32)29-13-11-26(12-14-29)22-15-18(2)8-9-20(22)4/h8-9,15,17,19H,5-7,10-14,16H2,1-4H3. The van der Waals surface area contributed by atoms with Crippen molar-refractivity contribution >= 4 is 21.6 Å². The molecule has 0 N–H and O–H groups in total. The third kappa shape index (κ3) is 4.80. The Hall–Kier alpha value is -2.39. The van der Waals surface area contributed by atoms with Gasteiger partial charge >= 0.3 is 0 Å². The van der Waals surface area contributed by atoms with Crippen molar-refractivity contribution in [2.24, 2.45) is 5.92 Å². The van der Waals surface area contributed by atoms with Gasteiger partial charge < -0.3 is 9.80 Å². The Morgan fingerprint density at radius 2 is 1.85 bits per heavy atom. The van der Waals surface area contributed by atoms with Crippen molar-refractivity contribution in [3.05, 3.63) is 41.1 Å². The first kappa shape index (κ1) is 23.8. The van der Waals surface area contributed by atoms with E-state index in [2.05, 4.69) is 49.0 Å². The van der Waals surface area contributed by atoms with Crippen LogP contribution in [-0.2, 0) is 16.6 Å². The summed E-state index contributed by atoms with van der Waals surface area (Å²) >= 11 is 0. The monoisotopic (exact) mass is 473 g/mol. The van der Waals surface area contributed by atoms with Crippen LogP contribution < -0.4 is 4.90 Å². The summed E-state index contributed by atoms with van der Waals surface area (Å²) in [4.78, 5) is 17.3. The lowest BCUT2D eigenvalue weighted by atomic mass is 10.00. The second-order valence-corrected chi connectivity index (χ2v) is 11.2. The van der Waals surface area contributed by atoms with E-state index in [0.717, 1.165) is 18.5 Å². The quantitative estimate of drug-likeness (QED) is 0.667. The minimum Gasteiger partial charge on any atom is -0.369 e. The van der Waals surface area contributed by atoms with Crippen LogP contribution in [0.2, 0.25) is 0 Å². The molecule has 2 fully saturated rings. The molecule has 0 spiro atoms. The molecule has 0 aliphatic carbocycles. The molecule has 2 saturated heterocycles. The highest BCUT2D eigenvalue weighted by Gasteiger charge is 2.36. The second-order valence-electron chi connectivity index (χ2n) is 9.38. The van der Waals surface area contributed by atoms with Crippen molar-refractivity contribution < 1.29 is 13.2 Å². The summed E-state index contributed by atoms with van der Waals surface area (Å²) < 4.78 is 30.3. The lowest BCUT2D eigenvalue weighted by molar-refractivity contribution is 0.0679. The molecule has 4 rings (SSSR count). The van der Waals surface area contributed by atoms with E-state index < -0.39 is 10.0 Å². The average Bonchev–Trinajstić information content (AvgIpc) is 3.26. The van der Waals surface area contributed by atoms with Crippen molar-refractivity contribution in [2.45, 2.75) is 52.1 Å². The average molecular weight is 474 g/mol. The SMILES string of the molecule is CCn1cc(C(=O)N2CCCC(C)C2)c(S(=O)(=O)N2CCN(c3cc(C)ccc3C)CC2)n1. The maximum absolute atomic E-state index is 13.6. The van der Waals surface area contributed by atoms with Crippen LogP contribution in [0.15, 0.2) is 29.4 Å². The minimum absolute atomic E-state index is 0.104. The number of carbonyl (C=O) groups is 1. The number of aryl methyl sites for hydroxylation is 3. The van der Waals surface area contributed by atoms with Crippen LogP contribution in [0.5, 0.6) is 0 Å². The zero-order chi connectivity index (χ0) is 23.8. The van der Waals surface area contributed by atoms with Gasteiger partial charge in [0.25, 0.3) is 15.9 Å². The first-order chi connectivity index (χ1) is 15.7. The van der Waals surface area contributed by atoms with Gasteiger partial charge in [0.15, 0.2) is 0 Å². The van der Waals surface area contributed by atoms with Gasteiger partial charge in [0, 0.05) is 57.7 Å². The van der Waals surface area contributed by atoms with Gasteiger partial charge in [0.05, 0.1) is 5.56 Å². The van der Waals surface area contributed by atoms with E-state index in [1.807, 2.05) is 6.92 Å².